The van der Waals surface area contributed by atoms with Crippen LogP contribution in [0.3, 0.4) is 0 Å². The first-order chi connectivity index (χ1) is 15.9. The molecule has 3 aromatic carbocycles. The summed E-state index contributed by atoms with van der Waals surface area (Å²) in [5.41, 5.74) is 3.93. The first kappa shape index (κ1) is 23.6. The summed E-state index contributed by atoms with van der Waals surface area (Å²) in [4.78, 5) is 12.7. The summed E-state index contributed by atoms with van der Waals surface area (Å²) in [6.45, 7) is 6.30. The normalized spacial score (nSPS) is 10.9. The molecule has 33 heavy (non-hydrogen) atoms. The first-order valence-electron chi connectivity index (χ1n) is 10.5. The Labute approximate surface area is 193 Å². The molecule has 0 aromatic heterocycles. The van der Waals surface area contributed by atoms with E-state index in [0.29, 0.717) is 34.9 Å². The van der Waals surface area contributed by atoms with E-state index in [9.17, 15) is 14.4 Å². The third kappa shape index (κ3) is 6.44. The predicted molar refractivity (Wildman–Crippen MR) is 126 cm³/mol. The van der Waals surface area contributed by atoms with Crippen molar-refractivity contribution in [1.29, 1.82) is 5.26 Å². The monoisotopic (exact) mass is 444 g/mol. The lowest BCUT2D eigenvalue weighted by Crippen LogP contribution is -2.14. The van der Waals surface area contributed by atoms with Gasteiger partial charge in [0, 0.05) is 5.69 Å². The number of amides is 1. The number of nitrogens with zero attached hydrogens (tertiary/aromatic N) is 1. The van der Waals surface area contributed by atoms with E-state index < -0.39 is 5.91 Å². The summed E-state index contributed by atoms with van der Waals surface area (Å²) in [6.07, 6.45) is 1.50. The molecule has 3 aromatic rings. The molecular weight excluding hydrogens is 419 g/mol. The van der Waals surface area contributed by atoms with Crippen molar-refractivity contribution in [1.82, 2.24) is 0 Å². The van der Waals surface area contributed by atoms with E-state index >= 15 is 0 Å². The molecule has 6 heteroatoms. The SMILES string of the molecule is CCOc1cc(/C=C(\C#N)C(=O)Nc2ccc(C)cc2C)ccc1OCc1cccc(F)c1. The van der Waals surface area contributed by atoms with E-state index in [4.69, 9.17) is 9.47 Å². The number of halogens is 1. The molecule has 0 fully saturated rings. The van der Waals surface area contributed by atoms with Crippen LogP contribution in [-0.2, 0) is 11.4 Å². The molecule has 0 saturated heterocycles. The predicted octanol–water partition coefficient (Wildman–Crippen LogP) is 5.97. The van der Waals surface area contributed by atoms with Crippen molar-refractivity contribution in [2.75, 3.05) is 11.9 Å². The summed E-state index contributed by atoms with van der Waals surface area (Å²) in [5.74, 6) is 0.129. The lowest BCUT2D eigenvalue weighted by atomic mass is 10.1. The maximum absolute atomic E-state index is 13.4. The summed E-state index contributed by atoms with van der Waals surface area (Å²) in [6, 6.07) is 18.9. The van der Waals surface area contributed by atoms with Crippen molar-refractivity contribution in [2.45, 2.75) is 27.4 Å². The van der Waals surface area contributed by atoms with Crippen molar-refractivity contribution < 1.29 is 18.7 Å². The number of hydrogen-bond acceptors (Lipinski definition) is 4. The fourth-order valence-corrected chi connectivity index (χ4v) is 3.25. The molecule has 0 unspecified atom stereocenters. The van der Waals surface area contributed by atoms with E-state index in [0.717, 1.165) is 11.1 Å². The first-order valence-corrected chi connectivity index (χ1v) is 10.5. The summed E-state index contributed by atoms with van der Waals surface area (Å²) in [5, 5.41) is 12.3. The molecule has 3 rings (SSSR count). The van der Waals surface area contributed by atoms with Gasteiger partial charge in [-0.2, -0.15) is 5.26 Å². The second-order valence-corrected chi connectivity index (χ2v) is 7.50. The average molecular weight is 445 g/mol. The smallest absolute Gasteiger partial charge is 0.266 e. The zero-order valence-corrected chi connectivity index (χ0v) is 18.8. The molecule has 0 atom stereocenters. The molecule has 5 nitrogen and oxygen atoms in total. The molecule has 1 amide bonds. The average Bonchev–Trinajstić information content (AvgIpc) is 2.79. The Morgan fingerprint density at radius 3 is 2.58 bits per heavy atom. The minimum absolute atomic E-state index is 0.0362. The number of rotatable bonds is 8. The number of hydrogen-bond donors (Lipinski definition) is 1. The number of nitriles is 1. The Bertz CT molecular complexity index is 1230. The van der Waals surface area contributed by atoms with Crippen LogP contribution < -0.4 is 14.8 Å². The van der Waals surface area contributed by atoms with Gasteiger partial charge in [-0.1, -0.05) is 35.9 Å². The van der Waals surface area contributed by atoms with Gasteiger partial charge in [0.2, 0.25) is 0 Å². The second kappa shape index (κ2) is 11.0. The molecule has 168 valence electrons. The molecular formula is C27H25FN2O3. The van der Waals surface area contributed by atoms with Crippen LogP contribution in [0.5, 0.6) is 11.5 Å². The minimum Gasteiger partial charge on any atom is -0.490 e. The zero-order chi connectivity index (χ0) is 23.8. The van der Waals surface area contributed by atoms with Crippen LogP contribution in [0.15, 0.2) is 66.2 Å². The number of aryl methyl sites for hydroxylation is 2. The molecule has 0 aliphatic heterocycles. The van der Waals surface area contributed by atoms with Gasteiger partial charge >= 0.3 is 0 Å². The van der Waals surface area contributed by atoms with Gasteiger partial charge in [-0.15, -0.1) is 0 Å². The summed E-state index contributed by atoms with van der Waals surface area (Å²) in [7, 11) is 0. The van der Waals surface area contributed by atoms with Crippen LogP contribution in [0.1, 0.15) is 29.2 Å². The molecule has 0 aliphatic carbocycles. The number of carbonyl (C=O) groups is 1. The highest BCUT2D eigenvalue weighted by atomic mass is 19.1. The maximum Gasteiger partial charge on any atom is 0.266 e. The van der Waals surface area contributed by atoms with Gasteiger partial charge in [0.15, 0.2) is 11.5 Å². The van der Waals surface area contributed by atoms with E-state index in [2.05, 4.69) is 5.32 Å². The van der Waals surface area contributed by atoms with Crippen LogP contribution in [0, 0.1) is 31.0 Å². The number of benzene rings is 3. The summed E-state index contributed by atoms with van der Waals surface area (Å²) < 4.78 is 24.9. The van der Waals surface area contributed by atoms with Crippen LogP contribution in [-0.4, -0.2) is 12.5 Å². The quantitative estimate of drug-likeness (QED) is 0.343. The molecule has 1 N–H and O–H groups in total. The van der Waals surface area contributed by atoms with E-state index in [1.165, 1.54) is 18.2 Å². The standard InChI is InChI=1S/C27H25FN2O3/c1-4-32-26-15-20(9-11-25(26)33-17-21-6-5-7-23(28)14-21)13-22(16-29)27(31)30-24-10-8-18(2)12-19(24)3/h5-15H,4,17H2,1-3H3,(H,30,31)/b22-13+. The minimum atomic E-state index is -0.492. The van der Waals surface area contributed by atoms with Gasteiger partial charge in [-0.3, -0.25) is 4.79 Å². The second-order valence-electron chi connectivity index (χ2n) is 7.50. The van der Waals surface area contributed by atoms with Crippen molar-refractivity contribution in [3.63, 3.8) is 0 Å². The highest BCUT2D eigenvalue weighted by Gasteiger charge is 2.13. The molecule has 0 aliphatic rings. The highest BCUT2D eigenvalue weighted by molar-refractivity contribution is 6.10. The van der Waals surface area contributed by atoms with Gasteiger partial charge < -0.3 is 14.8 Å². The third-order valence-corrected chi connectivity index (χ3v) is 4.86. The van der Waals surface area contributed by atoms with Crippen LogP contribution in [0.2, 0.25) is 0 Å². The Kier molecular flexibility index (Phi) is 7.82. The lowest BCUT2D eigenvalue weighted by Gasteiger charge is -2.13. The van der Waals surface area contributed by atoms with Crippen LogP contribution in [0.25, 0.3) is 6.08 Å². The topological polar surface area (TPSA) is 71.3 Å². The van der Waals surface area contributed by atoms with Gasteiger partial charge in [0.1, 0.15) is 24.1 Å². The van der Waals surface area contributed by atoms with E-state index in [1.807, 2.05) is 45.0 Å². The Hall–Kier alpha value is -4.11. The van der Waals surface area contributed by atoms with Gasteiger partial charge in [-0.25, -0.2) is 4.39 Å². The maximum atomic E-state index is 13.4. The Balaban J connectivity index is 1.79. The zero-order valence-electron chi connectivity index (χ0n) is 18.8. The highest BCUT2D eigenvalue weighted by Crippen LogP contribution is 2.30. The van der Waals surface area contributed by atoms with Crippen LogP contribution >= 0.6 is 0 Å². The van der Waals surface area contributed by atoms with Crippen molar-refractivity contribution >= 4 is 17.7 Å². The van der Waals surface area contributed by atoms with E-state index in [-0.39, 0.29) is 18.0 Å². The van der Waals surface area contributed by atoms with Crippen molar-refractivity contribution in [2.24, 2.45) is 0 Å². The fourth-order valence-electron chi connectivity index (χ4n) is 3.25. The molecule has 0 heterocycles. The van der Waals surface area contributed by atoms with Gasteiger partial charge in [0.05, 0.1) is 6.61 Å². The molecule has 0 bridgehead atoms. The molecule has 0 saturated carbocycles. The summed E-state index contributed by atoms with van der Waals surface area (Å²) >= 11 is 0. The third-order valence-electron chi connectivity index (χ3n) is 4.86. The largest absolute Gasteiger partial charge is 0.490 e. The molecule has 0 spiro atoms. The Morgan fingerprint density at radius 1 is 1.06 bits per heavy atom. The van der Waals surface area contributed by atoms with Gasteiger partial charge in [-0.05, 0) is 73.9 Å². The van der Waals surface area contributed by atoms with Crippen molar-refractivity contribution in [3.8, 4) is 17.6 Å². The van der Waals surface area contributed by atoms with Crippen LogP contribution in [0.4, 0.5) is 10.1 Å². The van der Waals surface area contributed by atoms with Gasteiger partial charge in [0.25, 0.3) is 5.91 Å². The number of carbonyl (C=O) groups excluding carboxylic acids is 1. The lowest BCUT2D eigenvalue weighted by molar-refractivity contribution is -0.112. The van der Waals surface area contributed by atoms with E-state index in [1.54, 1.807) is 30.3 Å². The number of anilines is 1. The number of ether oxygens (including phenoxy) is 2. The van der Waals surface area contributed by atoms with Crippen molar-refractivity contribution in [3.05, 3.63) is 94.3 Å². The fraction of sp³-hybridized carbons (Fsp3) is 0.185. The number of nitrogens with one attached hydrogen (secondary N) is 1. The Morgan fingerprint density at radius 2 is 1.88 bits per heavy atom. The molecule has 0 radical (unpaired) electrons.